The van der Waals surface area contributed by atoms with Gasteiger partial charge in [-0.25, -0.2) is 13.8 Å². The van der Waals surface area contributed by atoms with Gasteiger partial charge < -0.3 is 10.2 Å². The van der Waals surface area contributed by atoms with Crippen molar-refractivity contribution in [3.05, 3.63) is 81.4 Å². The maximum atomic E-state index is 15.0. The van der Waals surface area contributed by atoms with Crippen molar-refractivity contribution in [2.24, 2.45) is 0 Å². The first kappa shape index (κ1) is 21.6. The molecule has 2 heterocycles. The number of rotatable bonds is 5. The maximum absolute atomic E-state index is 15.0. The molecule has 1 saturated heterocycles. The number of halogens is 3. The number of carbonyl (C=O) groups excluding carboxylic acids is 1. The van der Waals surface area contributed by atoms with Crippen LogP contribution in [0.1, 0.15) is 30.0 Å². The summed E-state index contributed by atoms with van der Waals surface area (Å²) in [5.41, 5.74) is -0.286. The third-order valence-electron chi connectivity index (χ3n) is 6.40. The molecule has 0 radical (unpaired) electrons. The molecular weight excluding hydrogens is 450 g/mol. The number of anilines is 1. The van der Waals surface area contributed by atoms with Crippen LogP contribution in [0.5, 0.6) is 0 Å². The van der Waals surface area contributed by atoms with Gasteiger partial charge in [-0.3, -0.25) is 14.2 Å². The van der Waals surface area contributed by atoms with Gasteiger partial charge in [0.1, 0.15) is 16.9 Å². The molecule has 5 rings (SSSR count). The highest BCUT2D eigenvalue weighted by Gasteiger charge is 2.48. The molecule has 0 bridgehead atoms. The van der Waals surface area contributed by atoms with Crippen LogP contribution < -0.4 is 10.9 Å². The van der Waals surface area contributed by atoms with Crippen molar-refractivity contribution < 1.29 is 13.6 Å². The zero-order valence-electron chi connectivity index (χ0n) is 17.9. The highest BCUT2D eigenvalue weighted by atomic mass is 35.5. The van der Waals surface area contributed by atoms with Gasteiger partial charge in [0.25, 0.3) is 5.56 Å². The van der Waals surface area contributed by atoms with Gasteiger partial charge in [0.15, 0.2) is 5.82 Å². The number of fused-ring (bicyclic) bond motifs is 1. The minimum atomic E-state index is -1.06. The fraction of sp³-hybridized carbons (Fsp3) is 0.292. The van der Waals surface area contributed by atoms with Gasteiger partial charge in [-0.15, -0.1) is 0 Å². The summed E-state index contributed by atoms with van der Waals surface area (Å²) in [5, 5.41) is 3.73. The fourth-order valence-electron chi connectivity index (χ4n) is 4.60. The van der Waals surface area contributed by atoms with Crippen molar-refractivity contribution in [2.45, 2.75) is 31.3 Å². The standard InChI is InChI=1S/C24H21ClF2N4O2/c1-3-20(32)30-10-24(11-30,21-13(2)17(25)6-7-18(21)26)29-14-8-16-22(19(27)9-14)28-12-31(23(16)33)15-4-5-15/h3,6-9,12,15,29H,1,4-5,10-11H2,2H3. The lowest BCUT2D eigenvalue weighted by molar-refractivity contribution is -0.132. The molecule has 9 heteroatoms. The van der Waals surface area contributed by atoms with E-state index in [1.165, 1.54) is 46.1 Å². The van der Waals surface area contributed by atoms with E-state index < -0.39 is 17.2 Å². The monoisotopic (exact) mass is 470 g/mol. The van der Waals surface area contributed by atoms with Crippen LogP contribution in [0.25, 0.3) is 10.9 Å². The van der Waals surface area contributed by atoms with E-state index in [-0.39, 0.29) is 47.2 Å². The molecule has 1 amide bonds. The zero-order valence-corrected chi connectivity index (χ0v) is 18.6. The summed E-state index contributed by atoms with van der Waals surface area (Å²) in [6.07, 6.45) is 4.34. The lowest BCUT2D eigenvalue weighted by Gasteiger charge is -2.51. The molecule has 1 aliphatic heterocycles. The van der Waals surface area contributed by atoms with Gasteiger partial charge >= 0.3 is 0 Å². The summed E-state index contributed by atoms with van der Waals surface area (Å²) < 4.78 is 31.5. The van der Waals surface area contributed by atoms with E-state index in [2.05, 4.69) is 16.9 Å². The van der Waals surface area contributed by atoms with Gasteiger partial charge in [-0.1, -0.05) is 18.2 Å². The van der Waals surface area contributed by atoms with Gasteiger partial charge in [0, 0.05) is 22.3 Å². The number of benzene rings is 2. The molecule has 1 aliphatic carbocycles. The highest BCUT2D eigenvalue weighted by molar-refractivity contribution is 6.31. The lowest BCUT2D eigenvalue weighted by atomic mass is 9.79. The molecule has 0 spiro atoms. The molecule has 1 aromatic heterocycles. The quantitative estimate of drug-likeness (QED) is 0.564. The number of nitrogens with one attached hydrogen (secondary N) is 1. The van der Waals surface area contributed by atoms with Crippen LogP contribution in [-0.2, 0) is 10.3 Å². The Morgan fingerprint density at radius 2 is 2.00 bits per heavy atom. The molecule has 3 aromatic rings. The molecule has 33 heavy (non-hydrogen) atoms. The van der Waals surface area contributed by atoms with E-state index >= 15 is 4.39 Å². The molecule has 6 nitrogen and oxygen atoms in total. The largest absolute Gasteiger partial charge is 0.372 e. The van der Waals surface area contributed by atoms with Crippen LogP contribution in [0.2, 0.25) is 5.02 Å². The first-order chi connectivity index (χ1) is 15.7. The Hall–Kier alpha value is -3.26. The van der Waals surface area contributed by atoms with E-state index in [9.17, 15) is 14.0 Å². The number of hydrogen-bond acceptors (Lipinski definition) is 4. The second-order valence-electron chi connectivity index (χ2n) is 8.68. The van der Waals surface area contributed by atoms with Crippen molar-refractivity contribution in [1.29, 1.82) is 0 Å². The number of carbonyl (C=O) groups is 1. The summed E-state index contributed by atoms with van der Waals surface area (Å²) in [7, 11) is 0. The molecule has 1 N–H and O–H groups in total. The van der Waals surface area contributed by atoms with Crippen molar-refractivity contribution in [1.82, 2.24) is 14.5 Å². The molecule has 2 aromatic carbocycles. The van der Waals surface area contributed by atoms with Crippen molar-refractivity contribution in [3.63, 3.8) is 0 Å². The van der Waals surface area contributed by atoms with E-state index in [0.717, 1.165) is 12.8 Å². The summed E-state index contributed by atoms with van der Waals surface area (Å²) in [4.78, 5) is 30.7. The minimum absolute atomic E-state index is 0.0151. The predicted molar refractivity (Wildman–Crippen MR) is 122 cm³/mol. The Morgan fingerprint density at radius 1 is 1.27 bits per heavy atom. The number of amides is 1. The first-order valence-corrected chi connectivity index (χ1v) is 11.0. The highest BCUT2D eigenvalue weighted by Crippen LogP contribution is 2.41. The maximum Gasteiger partial charge on any atom is 0.261 e. The Morgan fingerprint density at radius 3 is 2.67 bits per heavy atom. The number of aromatic nitrogens is 2. The summed E-state index contributed by atoms with van der Waals surface area (Å²) in [6, 6.07) is 5.59. The zero-order chi connectivity index (χ0) is 23.5. The molecule has 1 saturated carbocycles. The third kappa shape index (κ3) is 3.49. The predicted octanol–water partition coefficient (Wildman–Crippen LogP) is 4.31. The molecule has 0 atom stereocenters. The van der Waals surface area contributed by atoms with Gasteiger partial charge in [0.2, 0.25) is 5.91 Å². The average molecular weight is 471 g/mol. The van der Waals surface area contributed by atoms with Crippen molar-refractivity contribution in [2.75, 3.05) is 18.4 Å². The Kier molecular flexibility index (Phi) is 5.01. The van der Waals surface area contributed by atoms with E-state index in [1.54, 1.807) is 6.92 Å². The molecular formula is C24H21ClF2N4O2. The average Bonchev–Trinajstić information content (AvgIpc) is 3.59. The first-order valence-electron chi connectivity index (χ1n) is 10.6. The molecule has 0 unspecified atom stereocenters. The van der Waals surface area contributed by atoms with Crippen LogP contribution in [0, 0.1) is 18.6 Å². The van der Waals surface area contributed by atoms with Crippen LogP contribution in [-0.4, -0.2) is 33.4 Å². The number of likely N-dealkylation sites (tertiary alicyclic amines) is 1. The smallest absolute Gasteiger partial charge is 0.261 e. The molecule has 2 aliphatic rings. The lowest BCUT2D eigenvalue weighted by Crippen LogP contribution is -2.65. The van der Waals surface area contributed by atoms with Gasteiger partial charge in [0.05, 0.1) is 24.8 Å². The summed E-state index contributed by atoms with van der Waals surface area (Å²) in [6.45, 7) is 5.44. The Labute approximate surface area is 193 Å². The Bertz CT molecular complexity index is 1380. The van der Waals surface area contributed by atoms with Crippen LogP contribution in [0.4, 0.5) is 14.5 Å². The summed E-state index contributed by atoms with van der Waals surface area (Å²) in [5.74, 6) is -1.45. The second-order valence-corrected chi connectivity index (χ2v) is 9.08. The van der Waals surface area contributed by atoms with Crippen LogP contribution in [0.15, 0.2) is 48.0 Å². The number of hydrogen-bond donors (Lipinski definition) is 1. The van der Waals surface area contributed by atoms with E-state index in [4.69, 9.17) is 11.6 Å². The number of nitrogens with zero attached hydrogens (tertiary/aromatic N) is 3. The minimum Gasteiger partial charge on any atom is -0.372 e. The summed E-state index contributed by atoms with van der Waals surface area (Å²) >= 11 is 6.28. The molecule has 170 valence electrons. The normalized spacial score (nSPS) is 17.0. The van der Waals surface area contributed by atoms with Crippen molar-refractivity contribution in [3.8, 4) is 0 Å². The Balaban J connectivity index is 1.62. The van der Waals surface area contributed by atoms with Crippen molar-refractivity contribution >= 4 is 34.1 Å². The SMILES string of the molecule is C=CC(=O)N1CC(Nc2cc(F)c3ncn(C4CC4)c(=O)c3c2)(c2c(F)ccc(Cl)c2C)C1. The van der Waals surface area contributed by atoms with E-state index in [1.807, 2.05) is 0 Å². The fourth-order valence-corrected chi connectivity index (χ4v) is 4.75. The van der Waals surface area contributed by atoms with E-state index in [0.29, 0.717) is 16.1 Å². The van der Waals surface area contributed by atoms with Crippen LogP contribution in [0.3, 0.4) is 0 Å². The van der Waals surface area contributed by atoms with Crippen LogP contribution >= 0.6 is 11.6 Å². The van der Waals surface area contributed by atoms with Gasteiger partial charge in [-0.05, 0) is 55.7 Å². The second kappa shape index (κ2) is 7.66. The third-order valence-corrected chi connectivity index (χ3v) is 6.81. The topological polar surface area (TPSA) is 67.2 Å². The molecule has 2 fully saturated rings. The van der Waals surface area contributed by atoms with Gasteiger partial charge in [-0.2, -0.15) is 0 Å².